The van der Waals surface area contributed by atoms with Gasteiger partial charge in [-0.05, 0) is 27.8 Å². The number of aromatic amines is 1. The third-order valence-electron chi connectivity index (χ3n) is 2.77. The maximum absolute atomic E-state index is 11.5. The summed E-state index contributed by atoms with van der Waals surface area (Å²) in [6.45, 7) is 5.51. The van der Waals surface area contributed by atoms with Crippen LogP contribution in [0.5, 0.6) is 0 Å². The summed E-state index contributed by atoms with van der Waals surface area (Å²) in [5, 5.41) is 9.78. The number of primary amides is 1. The van der Waals surface area contributed by atoms with Gasteiger partial charge in [0.05, 0.1) is 0 Å². The number of nitrogens with one attached hydrogen (secondary N) is 2. The molecule has 1 unspecified atom stereocenters. The second-order valence-corrected chi connectivity index (χ2v) is 5.45. The molecule has 0 fully saturated rings. The lowest BCUT2D eigenvalue weighted by Gasteiger charge is -2.24. The minimum Gasteiger partial charge on any atom is -0.368 e. The van der Waals surface area contributed by atoms with Crippen molar-refractivity contribution < 1.29 is 4.79 Å². The second kappa shape index (κ2) is 5.57. The lowest BCUT2D eigenvalue weighted by atomic mass is 10.1. The van der Waals surface area contributed by atoms with Gasteiger partial charge in [0.1, 0.15) is 5.54 Å². The Balaban J connectivity index is 2.87. The second-order valence-electron chi connectivity index (χ2n) is 4.51. The average Bonchev–Trinajstić information content (AvgIpc) is 2.67. The quantitative estimate of drug-likeness (QED) is 0.617. The predicted octanol–water partition coefficient (Wildman–Crippen LogP) is -0.292. The van der Waals surface area contributed by atoms with Crippen molar-refractivity contribution in [3.63, 3.8) is 0 Å². The lowest BCUT2D eigenvalue weighted by molar-refractivity contribution is -0.122. The van der Waals surface area contributed by atoms with Crippen LogP contribution in [-0.2, 0) is 4.79 Å². The van der Waals surface area contributed by atoms with E-state index in [4.69, 9.17) is 5.73 Å². The fourth-order valence-electron chi connectivity index (χ4n) is 1.32. The van der Waals surface area contributed by atoms with Gasteiger partial charge in [0.15, 0.2) is 5.16 Å². The number of nitrogens with zero attached hydrogens (tertiary/aromatic N) is 2. The molecule has 1 rings (SSSR count). The van der Waals surface area contributed by atoms with E-state index in [-0.39, 0.29) is 11.7 Å². The van der Waals surface area contributed by atoms with Crippen molar-refractivity contribution in [1.82, 2.24) is 20.1 Å². The molecule has 0 saturated heterocycles. The van der Waals surface area contributed by atoms with Crippen LogP contribution in [0, 0.1) is 0 Å². The molecule has 0 spiro atoms. The number of H-pyrrole nitrogens is 1. The minimum absolute atomic E-state index is 0.00756. The number of carbonyl (C=O) groups excluding carboxylic acids is 1. The van der Waals surface area contributed by atoms with Gasteiger partial charge in [0, 0.05) is 11.8 Å². The number of rotatable bonds is 6. The van der Waals surface area contributed by atoms with Crippen LogP contribution in [-0.4, -0.2) is 39.0 Å². The molecule has 0 aliphatic heterocycles. The predicted molar refractivity (Wildman–Crippen MR) is 70.6 cm³/mol. The molecule has 0 aliphatic carbocycles. The van der Waals surface area contributed by atoms with E-state index in [0.29, 0.717) is 10.9 Å². The molecule has 0 aliphatic rings. The number of hydrogen-bond donors (Lipinski definition) is 3. The highest BCUT2D eigenvalue weighted by molar-refractivity contribution is 7.99. The third kappa shape index (κ3) is 2.94. The van der Waals surface area contributed by atoms with Crippen LogP contribution in [0.3, 0.4) is 0 Å². The third-order valence-corrected chi connectivity index (χ3v) is 4.04. The molecule has 1 heterocycles. The molecule has 4 N–H and O–H groups in total. The van der Waals surface area contributed by atoms with E-state index in [2.05, 4.69) is 15.5 Å². The summed E-state index contributed by atoms with van der Waals surface area (Å²) in [7, 11) is 1.67. The first-order valence-electron chi connectivity index (χ1n) is 5.60. The Bertz CT molecular complexity index is 481. The zero-order valence-corrected chi connectivity index (χ0v) is 11.8. The number of nitrogens with two attached hydrogens (primary N) is 1. The average molecular weight is 273 g/mol. The zero-order chi connectivity index (χ0) is 13.9. The highest BCUT2D eigenvalue weighted by atomic mass is 32.2. The normalized spacial score (nSPS) is 14.7. The molecule has 1 atom stereocenters. The molecule has 1 amide bonds. The summed E-state index contributed by atoms with van der Waals surface area (Å²) in [6.07, 6.45) is 0. The van der Waals surface area contributed by atoms with Gasteiger partial charge >= 0.3 is 5.69 Å². The molecule has 0 radical (unpaired) electrons. The topological polar surface area (TPSA) is 106 Å². The SMILES string of the molecule is CNC(C)(CSc1n[nH]c(=O)n1C(C)C)C(N)=O. The van der Waals surface area contributed by atoms with Crippen LogP contribution in [0.4, 0.5) is 0 Å². The molecule has 18 heavy (non-hydrogen) atoms. The standard InChI is InChI=1S/C10H19N5O2S/c1-6(2)15-8(17)13-14-9(15)18-5-10(3,12-4)7(11)16/h6,12H,5H2,1-4H3,(H2,11,16)(H,13,17). The van der Waals surface area contributed by atoms with E-state index in [1.807, 2.05) is 13.8 Å². The van der Waals surface area contributed by atoms with Gasteiger partial charge in [0.2, 0.25) is 5.91 Å². The van der Waals surface area contributed by atoms with Crippen molar-refractivity contribution in [3.8, 4) is 0 Å². The Morgan fingerprint density at radius 2 is 2.28 bits per heavy atom. The van der Waals surface area contributed by atoms with Gasteiger partial charge in [-0.15, -0.1) is 5.10 Å². The van der Waals surface area contributed by atoms with Crippen molar-refractivity contribution in [2.24, 2.45) is 5.73 Å². The molecular formula is C10H19N5O2S. The van der Waals surface area contributed by atoms with Gasteiger partial charge in [-0.2, -0.15) is 0 Å². The van der Waals surface area contributed by atoms with Crippen LogP contribution in [0.2, 0.25) is 0 Å². The van der Waals surface area contributed by atoms with Gasteiger partial charge in [-0.25, -0.2) is 9.89 Å². The molecule has 7 nitrogen and oxygen atoms in total. The lowest BCUT2D eigenvalue weighted by Crippen LogP contribution is -2.53. The summed E-state index contributed by atoms with van der Waals surface area (Å²) in [6, 6.07) is 0.00756. The first kappa shape index (κ1) is 14.8. The summed E-state index contributed by atoms with van der Waals surface area (Å²) in [5.41, 5.74) is 4.25. The Hall–Kier alpha value is -1.28. The van der Waals surface area contributed by atoms with Crippen LogP contribution in [0.1, 0.15) is 26.8 Å². The Morgan fingerprint density at radius 3 is 2.72 bits per heavy atom. The number of hydrogen-bond acceptors (Lipinski definition) is 5. The first-order valence-corrected chi connectivity index (χ1v) is 6.59. The van der Waals surface area contributed by atoms with E-state index >= 15 is 0 Å². The number of likely N-dealkylation sites (N-methyl/N-ethyl adjacent to an activating group) is 1. The van der Waals surface area contributed by atoms with Crippen LogP contribution >= 0.6 is 11.8 Å². The Morgan fingerprint density at radius 1 is 1.67 bits per heavy atom. The molecular weight excluding hydrogens is 254 g/mol. The summed E-state index contributed by atoms with van der Waals surface area (Å²) in [5.74, 6) is -0.0398. The van der Waals surface area contributed by atoms with Crippen molar-refractivity contribution in [1.29, 1.82) is 0 Å². The molecule has 1 aromatic heterocycles. The smallest absolute Gasteiger partial charge is 0.344 e. The number of thioether (sulfide) groups is 1. The largest absolute Gasteiger partial charge is 0.368 e. The van der Waals surface area contributed by atoms with Crippen molar-refractivity contribution in [2.75, 3.05) is 12.8 Å². The maximum Gasteiger partial charge on any atom is 0.344 e. The van der Waals surface area contributed by atoms with Crippen LogP contribution in [0.25, 0.3) is 0 Å². The fraction of sp³-hybridized carbons (Fsp3) is 0.700. The zero-order valence-electron chi connectivity index (χ0n) is 11.0. The van der Waals surface area contributed by atoms with Crippen molar-refractivity contribution in [3.05, 3.63) is 10.5 Å². The first-order chi connectivity index (χ1) is 8.31. The number of aromatic nitrogens is 3. The summed E-state index contributed by atoms with van der Waals surface area (Å²) in [4.78, 5) is 22.9. The highest BCUT2D eigenvalue weighted by Crippen LogP contribution is 2.21. The minimum atomic E-state index is -0.832. The number of carbonyl (C=O) groups is 1. The van der Waals surface area contributed by atoms with Crippen molar-refractivity contribution >= 4 is 17.7 Å². The van der Waals surface area contributed by atoms with Crippen LogP contribution < -0.4 is 16.7 Å². The monoisotopic (exact) mass is 273 g/mol. The molecule has 0 saturated carbocycles. The highest BCUT2D eigenvalue weighted by Gasteiger charge is 2.30. The number of amides is 1. The van der Waals surface area contributed by atoms with E-state index in [0.717, 1.165) is 0 Å². The summed E-state index contributed by atoms with van der Waals surface area (Å²) < 4.78 is 1.54. The summed E-state index contributed by atoms with van der Waals surface area (Å²) >= 11 is 1.31. The fourth-order valence-corrected chi connectivity index (χ4v) is 2.57. The van der Waals surface area contributed by atoms with E-state index in [1.54, 1.807) is 18.5 Å². The Kier molecular flexibility index (Phi) is 4.58. The van der Waals surface area contributed by atoms with Crippen molar-refractivity contribution in [2.45, 2.75) is 37.5 Å². The molecule has 0 aromatic carbocycles. The molecule has 8 heteroatoms. The van der Waals surface area contributed by atoms with Gasteiger partial charge in [-0.1, -0.05) is 11.8 Å². The molecule has 1 aromatic rings. The van der Waals surface area contributed by atoms with Gasteiger partial charge < -0.3 is 11.1 Å². The van der Waals surface area contributed by atoms with E-state index in [1.165, 1.54) is 11.8 Å². The Labute approximate surface area is 110 Å². The van der Waals surface area contributed by atoms with Crippen LogP contribution in [0.15, 0.2) is 9.95 Å². The molecule has 102 valence electrons. The maximum atomic E-state index is 11.5. The van der Waals surface area contributed by atoms with E-state index in [9.17, 15) is 9.59 Å². The van der Waals surface area contributed by atoms with Gasteiger partial charge in [-0.3, -0.25) is 9.36 Å². The molecule has 0 bridgehead atoms. The van der Waals surface area contributed by atoms with Gasteiger partial charge in [0.25, 0.3) is 0 Å². The van der Waals surface area contributed by atoms with E-state index < -0.39 is 11.4 Å².